The van der Waals surface area contributed by atoms with Gasteiger partial charge in [-0.15, -0.1) is 0 Å². The summed E-state index contributed by atoms with van der Waals surface area (Å²) in [5.41, 5.74) is -0.529. The van der Waals surface area contributed by atoms with Crippen molar-refractivity contribution in [2.45, 2.75) is 19.4 Å². The molecular weight excluding hydrogens is 154 g/mol. The topological polar surface area (TPSA) is 42.2 Å². The molecule has 0 aromatic carbocycles. The molecule has 1 saturated carbocycles. The van der Waals surface area contributed by atoms with Crippen LogP contribution < -0.4 is 0 Å². The number of carbonyl (C=O) groups is 1. The van der Waals surface area contributed by atoms with E-state index in [0.29, 0.717) is 0 Å². The third-order valence-corrected chi connectivity index (χ3v) is 2.67. The van der Waals surface area contributed by atoms with Gasteiger partial charge < -0.3 is 9.67 Å². The van der Waals surface area contributed by atoms with Crippen molar-refractivity contribution in [2.75, 3.05) is 0 Å². The first-order valence-electron chi connectivity index (χ1n) is 4.00. The first-order chi connectivity index (χ1) is 5.64. The molecule has 2 atom stereocenters. The Kier molecular flexibility index (Phi) is 1.31. The van der Waals surface area contributed by atoms with Gasteiger partial charge in [0.05, 0.1) is 11.5 Å². The Hall–Kier alpha value is -1.25. The van der Waals surface area contributed by atoms with Crippen molar-refractivity contribution < 1.29 is 9.90 Å². The molecule has 3 nitrogen and oxygen atoms in total. The van der Waals surface area contributed by atoms with Gasteiger partial charge in [-0.25, -0.2) is 0 Å². The van der Waals surface area contributed by atoms with E-state index in [9.17, 15) is 4.79 Å². The van der Waals surface area contributed by atoms with E-state index in [-0.39, 0.29) is 6.04 Å². The Morgan fingerprint density at radius 3 is 2.58 bits per heavy atom. The molecule has 1 aromatic heterocycles. The molecule has 0 saturated heterocycles. The quantitative estimate of drug-likeness (QED) is 0.722. The van der Waals surface area contributed by atoms with Gasteiger partial charge in [-0.2, -0.15) is 0 Å². The van der Waals surface area contributed by atoms with E-state index < -0.39 is 11.4 Å². The molecule has 2 rings (SSSR count). The van der Waals surface area contributed by atoms with Gasteiger partial charge in [-0.1, -0.05) is 0 Å². The summed E-state index contributed by atoms with van der Waals surface area (Å²) < 4.78 is 1.97. The van der Waals surface area contributed by atoms with Crippen molar-refractivity contribution in [3.8, 4) is 0 Å². The number of aliphatic carboxylic acids is 1. The lowest BCUT2D eigenvalue weighted by Crippen LogP contribution is -2.14. The number of hydrogen-bond acceptors (Lipinski definition) is 1. The third kappa shape index (κ3) is 0.858. The van der Waals surface area contributed by atoms with Gasteiger partial charge >= 0.3 is 5.97 Å². The lowest BCUT2D eigenvalue weighted by Gasteiger charge is -2.05. The molecule has 0 radical (unpaired) electrons. The minimum atomic E-state index is -0.693. The molecule has 0 spiro atoms. The van der Waals surface area contributed by atoms with Crippen LogP contribution in [-0.4, -0.2) is 15.6 Å². The molecule has 0 amide bonds. The second-order valence-corrected chi connectivity index (χ2v) is 3.57. The predicted molar refractivity (Wildman–Crippen MR) is 43.8 cm³/mol. The van der Waals surface area contributed by atoms with E-state index in [0.717, 1.165) is 6.42 Å². The Bertz CT molecular complexity index is 304. The normalized spacial score (nSPS) is 33.2. The van der Waals surface area contributed by atoms with Crippen LogP contribution in [0.5, 0.6) is 0 Å². The zero-order valence-corrected chi connectivity index (χ0v) is 6.90. The molecule has 0 bridgehead atoms. The van der Waals surface area contributed by atoms with Crippen LogP contribution in [0, 0.1) is 5.41 Å². The van der Waals surface area contributed by atoms with E-state index in [1.165, 1.54) is 0 Å². The van der Waals surface area contributed by atoms with E-state index >= 15 is 0 Å². The molecule has 1 fully saturated rings. The number of aromatic nitrogens is 1. The number of carboxylic acid groups (broad SMARTS) is 1. The zero-order valence-electron chi connectivity index (χ0n) is 6.90. The highest BCUT2D eigenvalue weighted by Crippen LogP contribution is 2.55. The summed E-state index contributed by atoms with van der Waals surface area (Å²) in [5.74, 6) is -0.693. The van der Waals surface area contributed by atoms with E-state index in [1.807, 2.05) is 29.1 Å². The highest BCUT2D eigenvalue weighted by atomic mass is 16.4. The van der Waals surface area contributed by atoms with E-state index in [2.05, 4.69) is 0 Å². The number of nitrogens with zero attached hydrogens (tertiary/aromatic N) is 1. The van der Waals surface area contributed by atoms with Crippen LogP contribution in [0.3, 0.4) is 0 Å². The van der Waals surface area contributed by atoms with Gasteiger partial charge in [0.1, 0.15) is 0 Å². The lowest BCUT2D eigenvalue weighted by atomic mass is 10.1. The smallest absolute Gasteiger partial charge is 0.311 e. The van der Waals surface area contributed by atoms with Crippen LogP contribution >= 0.6 is 0 Å². The number of carboxylic acids is 1. The average molecular weight is 165 g/mol. The standard InChI is InChI=1S/C9H11NO2/c1-9(8(11)12)6-7(9)10-4-2-3-5-10/h2-5,7H,6H2,1H3,(H,11,12). The van der Waals surface area contributed by atoms with E-state index in [1.54, 1.807) is 6.92 Å². The van der Waals surface area contributed by atoms with Gasteiger partial charge in [0.2, 0.25) is 0 Å². The molecule has 1 aromatic rings. The second kappa shape index (κ2) is 2.12. The summed E-state index contributed by atoms with van der Waals surface area (Å²) in [4.78, 5) is 10.8. The Morgan fingerprint density at radius 1 is 1.58 bits per heavy atom. The molecular formula is C9H11NO2. The monoisotopic (exact) mass is 165 g/mol. The summed E-state index contributed by atoms with van der Waals surface area (Å²) >= 11 is 0. The highest BCUT2D eigenvalue weighted by Gasteiger charge is 2.57. The summed E-state index contributed by atoms with van der Waals surface area (Å²) in [6.45, 7) is 1.79. The van der Waals surface area contributed by atoms with Gasteiger partial charge in [-0.05, 0) is 25.5 Å². The molecule has 1 N–H and O–H groups in total. The van der Waals surface area contributed by atoms with Crippen LogP contribution in [0.4, 0.5) is 0 Å². The van der Waals surface area contributed by atoms with Crippen molar-refractivity contribution >= 4 is 5.97 Å². The fourth-order valence-corrected chi connectivity index (χ4v) is 1.56. The van der Waals surface area contributed by atoms with Crippen molar-refractivity contribution in [1.82, 2.24) is 4.57 Å². The number of hydrogen-bond donors (Lipinski definition) is 1. The predicted octanol–water partition coefficient (Wildman–Crippen LogP) is 1.52. The minimum Gasteiger partial charge on any atom is -0.481 e. The van der Waals surface area contributed by atoms with Crippen molar-refractivity contribution in [3.63, 3.8) is 0 Å². The summed E-state index contributed by atoms with van der Waals surface area (Å²) in [6.07, 6.45) is 4.58. The summed E-state index contributed by atoms with van der Waals surface area (Å²) in [7, 11) is 0. The Labute approximate surface area is 70.6 Å². The van der Waals surface area contributed by atoms with Crippen LogP contribution in [0.15, 0.2) is 24.5 Å². The maximum Gasteiger partial charge on any atom is 0.311 e. The summed E-state index contributed by atoms with van der Waals surface area (Å²) in [6, 6.07) is 3.99. The maximum absolute atomic E-state index is 10.8. The number of rotatable bonds is 2. The van der Waals surface area contributed by atoms with Crippen LogP contribution in [0.1, 0.15) is 19.4 Å². The van der Waals surface area contributed by atoms with Gasteiger partial charge in [-0.3, -0.25) is 4.79 Å². The highest BCUT2D eigenvalue weighted by molar-refractivity contribution is 5.78. The van der Waals surface area contributed by atoms with Crippen LogP contribution in [0.25, 0.3) is 0 Å². The first kappa shape index (κ1) is 7.40. The van der Waals surface area contributed by atoms with E-state index in [4.69, 9.17) is 5.11 Å². The van der Waals surface area contributed by atoms with Crippen molar-refractivity contribution in [2.24, 2.45) is 5.41 Å². The zero-order chi connectivity index (χ0) is 8.77. The fraction of sp³-hybridized carbons (Fsp3) is 0.444. The van der Waals surface area contributed by atoms with Gasteiger partial charge in [0.15, 0.2) is 0 Å². The second-order valence-electron chi connectivity index (χ2n) is 3.57. The molecule has 3 heteroatoms. The van der Waals surface area contributed by atoms with Crippen molar-refractivity contribution in [3.05, 3.63) is 24.5 Å². The largest absolute Gasteiger partial charge is 0.481 e. The van der Waals surface area contributed by atoms with Crippen LogP contribution in [-0.2, 0) is 4.79 Å². The Morgan fingerprint density at radius 2 is 2.17 bits per heavy atom. The Balaban J connectivity index is 2.19. The third-order valence-electron chi connectivity index (χ3n) is 2.67. The van der Waals surface area contributed by atoms with Crippen LogP contribution in [0.2, 0.25) is 0 Å². The first-order valence-corrected chi connectivity index (χ1v) is 4.00. The van der Waals surface area contributed by atoms with Gasteiger partial charge in [0.25, 0.3) is 0 Å². The van der Waals surface area contributed by atoms with Crippen molar-refractivity contribution in [1.29, 1.82) is 0 Å². The fourth-order valence-electron chi connectivity index (χ4n) is 1.56. The SMILES string of the molecule is CC1(C(=O)O)CC1n1cccc1. The molecule has 64 valence electrons. The molecule has 12 heavy (non-hydrogen) atoms. The van der Waals surface area contributed by atoms with Gasteiger partial charge in [0, 0.05) is 12.4 Å². The molecule has 1 heterocycles. The molecule has 1 aliphatic carbocycles. The minimum absolute atomic E-state index is 0.157. The molecule has 2 unspecified atom stereocenters. The lowest BCUT2D eigenvalue weighted by molar-refractivity contribution is -0.143. The molecule has 0 aliphatic heterocycles. The maximum atomic E-state index is 10.8. The summed E-state index contributed by atoms with van der Waals surface area (Å²) in [5, 5.41) is 8.87. The molecule has 1 aliphatic rings. The average Bonchev–Trinajstić information content (AvgIpc) is 2.49.